The third-order valence-electron chi connectivity index (χ3n) is 4.50. The molecule has 0 radical (unpaired) electrons. The van der Waals surface area contributed by atoms with E-state index in [9.17, 15) is 0 Å². The number of benzene rings is 1. The predicted molar refractivity (Wildman–Crippen MR) is 97.7 cm³/mol. The van der Waals surface area contributed by atoms with E-state index in [1.165, 1.54) is 12.8 Å². The summed E-state index contributed by atoms with van der Waals surface area (Å²) in [7, 11) is 0. The van der Waals surface area contributed by atoms with Crippen molar-refractivity contribution in [1.82, 2.24) is 15.0 Å². The molecule has 5 nitrogen and oxygen atoms in total. The van der Waals surface area contributed by atoms with Crippen LogP contribution in [0, 0.1) is 5.92 Å². The third kappa shape index (κ3) is 3.02. The molecule has 24 heavy (non-hydrogen) atoms. The van der Waals surface area contributed by atoms with Crippen molar-refractivity contribution in [3.8, 4) is 0 Å². The predicted octanol–water partition coefficient (Wildman–Crippen LogP) is 4.00. The molecule has 0 aliphatic carbocycles. The molecule has 0 saturated carbocycles. The van der Waals surface area contributed by atoms with Gasteiger partial charge in [-0.25, -0.2) is 4.98 Å². The smallest absolute Gasteiger partial charge is 0.229 e. The highest BCUT2D eigenvalue weighted by Gasteiger charge is 2.18. The lowest BCUT2D eigenvalue weighted by Crippen LogP contribution is -2.34. The fourth-order valence-electron chi connectivity index (χ4n) is 3.31. The Bertz CT molecular complexity index is 843. The Labute approximate surface area is 141 Å². The molecule has 2 aromatic heterocycles. The molecule has 1 unspecified atom stereocenters. The van der Waals surface area contributed by atoms with Crippen LogP contribution >= 0.6 is 0 Å². The molecule has 1 aliphatic heterocycles. The highest BCUT2D eigenvalue weighted by atomic mass is 15.2. The zero-order valence-electron chi connectivity index (χ0n) is 13.8. The fraction of sp³-hybridized carbons (Fsp3) is 0.316. The number of aromatic nitrogens is 3. The van der Waals surface area contributed by atoms with E-state index >= 15 is 0 Å². The van der Waals surface area contributed by atoms with Crippen LogP contribution in [0.5, 0.6) is 0 Å². The van der Waals surface area contributed by atoms with Crippen molar-refractivity contribution in [1.29, 1.82) is 0 Å². The second-order valence-electron chi connectivity index (χ2n) is 6.44. The quantitative estimate of drug-likeness (QED) is 0.790. The van der Waals surface area contributed by atoms with Crippen molar-refractivity contribution < 1.29 is 0 Å². The van der Waals surface area contributed by atoms with E-state index < -0.39 is 0 Å². The molecule has 122 valence electrons. The summed E-state index contributed by atoms with van der Waals surface area (Å²) in [5.41, 5.74) is 1.86. The Balaban J connectivity index is 1.62. The van der Waals surface area contributed by atoms with Gasteiger partial charge in [0.25, 0.3) is 0 Å². The Morgan fingerprint density at radius 3 is 2.92 bits per heavy atom. The molecule has 0 bridgehead atoms. The van der Waals surface area contributed by atoms with Gasteiger partial charge in [-0.1, -0.05) is 25.1 Å². The van der Waals surface area contributed by atoms with Crippen LogP contribution < -0.4 is 10.2 Å². The maximum atomic E-state index is 4.71. The molecule has 1 aromatic carbocycles. The van der Waals surface area contributed by atoms with Gasteiger partial charge in [-0.15, -0.1) is 0 Å². The summed E-state index contributed by atoms with van der Waals surface area (Å²) in [6.07, 6.45) is 6.15. The van der Waals surface area contributed by atoms with Gasteiger partial charge in [0.05, 0.1) is 11.2 Å². The van der Waals surface area contributed by atoms with Crippen LogP contribution in [0.4, 0.5) is 17.5 Å². The van der Waals surface area contributed by atoms with Gasteiger partial charge in [-0.05, 0) is 37.0 Å². The first kappa shape index (κ1) is 14.9. The van der Waals surface area contributed by atoms with Crippen LogP contribution in [0.15, 0.2) is 48.8 Å². The van der Waals surface area contributed by atoms with Crippen molar-refractivity contribution in [3.63, 3.8) is 0 Å². The highest BCUT2D eigenvalue weighted by molar-refractivity contribution is 5.91. The van der Waals surface area contributed by atoms with E-state index in [0.717, 1.165) is 35.5 Å². The van der Waals surface area contributed by atoms with Crippen LogP contribution in [0.1, 0.15) is 19.8 Å². The van der Waals surface area contributed by atoms with Crippen molar-refractivity contribution >= 4 is 28.4 Å². The number of nitrogens with zero attached hydrogens (tertiary/aromatic N) is 4. The molecule has 3 heterocycles. The highest BCUT2D eigenvalue weighted by Crippen LogP contribution is 2.25. The second kappa shape index (κ2) is 6.43. The average Bonchev–Trinajstić information content (AvgIpc) is 2.62. The summed E-state index contributed by atoms with van der Waals surface area (Å²) in [6, 6.07) is 12.1. The molecule has 1 aliphatic rings. The van der Waals surface area contributed by atoms with Crippen molar-refractivity contribution in [2.24, 2.45) is 5.92 Å². The molecule has 1 saturated heterocycles. The fourth-order valence-corrected chi connectivity index (χ4v) is 3.31. The van der Waals surface area contributed by atoms with E-state index in [-0.39, 0.29) is 0 Å². The number of anilines is 3. The molecule has 5 heteroatoms. The SMILES string of the molecule is CC1CCCN(c2ccnc(Nc3cccc4cccnc34)n2)C1. The summed E-state index contributed by atoms with van der Waals surface area (Å²) < 4.78 is 0. The maximum absolute atomic E-state index is 4.71. The average molecular weight is 319 g/mol. The Morgan fingerprint density at radius 1 is 1.08 bits per heavy atom. The minimum absolute atomic E-state index is 0.615. The van der Waals surface area contributed by atoms with Gasteiger partial charge in [-0.2, -0.15) is 4.98 Å². The van der Waals surface area contributed by atoms with Crippen molar-refractivity contribution in [3.05, 3.63) is 48.8 Å². The zero-order valence-corrected chi connectivity index (χ0v) is 13.8. The number of fused-ring (bicyclic) bond motifs is 1. The van der Waals surface area contributed by atoms with E-state index in [1.54, 1.807) is 6.20 Å². The zero-order chi connectivity index (χ0) is 16.4. The van der Waals surface area contributed by atoms with Gasteiger partial charge in [0.15, 0.2) is 0 Å². The number of piperidine rings is 1. The minimum Gasteiger partial charge on any atom is -0.356 e. The first-order valence-corrected chi connectivity index (χ1v) is 8.48. The summed E-state index contributed by atoms with van der Waals surface area (Å²) in [4.78, 5) is 15.9. The largest absolute Gasteiger partial charge is 0.356 e. The molecular formula is C19H21N5. The summed E-state index contributed by atoms with van der Waals surface area (Å²) in [5, 5.41) is 4.43. The first-order chi connectivity index (χ1) is 11.8. The molecule has 1 atom stereocenters. The lowest BCUT2D eigenvalue weighted by molar-refractivity contribution is 0.444. The van der Waals surface area contributed by atoms with Crippen molar-refractivity contribution in [2.75, 3.05) is 23.3 Å². The van der Waals surface area contributed by atoms with Gasteiger partial charge in [0.1, 0.15) is 5.82 Å². The van der Waals surface area contributed by atoms with Gasteiger partial charge in [-0.3, -0.25) is 4.98 Å². The van der Waals surface area contributed by atoms with Gasteiger partial charge >= 0.3 is 0 Å². The number of nitrogens with one attached hydrogen (secondary N) is 1. The van der Waals surface area contributed by atoms with Gasteiger partial charge in [0.2, 0.25) is 5.95 Å². The van der Waals surface area contributed by atoms with E-state index in [4.69, 9.17) is 4.98 Å². The van der Waals surface area contributed by atoms with E-state index in [2.05, 4.69) is 39.2 Å². The minimum atomic E-state index is 0.615. The number of rotatable bonds is 3. The molecule has 0 amide bonds. The standard InChI is InChI=1S/C19H21N5/c1-14-5-4-12-24(13-14)17-9-11-21-19(23-17)22-16-8-2-6-15-7-3-10-20-18(15)16/h2-3,6-11,14H,4-5,12-13H2,1H3,(H,21,22,23). The van der Waals surface area contributed by atoms with Crippen LogP contribution in [0.25, 0.3) is 10.9 Å². The summed E-state index contributed by atoms with van der Waals surface area (Å²) in [5.74, 6) is 2.32. The van der Waals surface area contributed by atoms with Crippen LogP contribution in [0.3, 0.4) is 0 Å². The number of hydrogen-bond acceptors (Lipinski definition) is 5. The molecular weight excluding hydrogens is 298 g/mol. The Morgan fingerprint density at radius 2 is 2.00 bits per heavy atom. The number of para-hydroxylation sites is 1. The molecule has 4 rings (SSSR count). The number of pyridine rings is 1. The maximum Gasteiger partial charge on any atom is 0.229 e. The van der Waals surface area contributed by atoms with Gasteiger partial charge < -0.3 is 10.2 Å². The van der Waals surface area contributed by atoms with Crippen LogP contribution in [0.2, 0.25) is 0 Å². The molecule has 0 spiro atoms. The first-order valence-electron chi connectivity index (χ1n) is 8.48. The van der Waals surface area contributed by atoms with Crippen LogP contribution in [-0.2, 0) is 0 Å². The lowest BCUT2D eigenvalue weighted by atomic mass is 10.0. The normalized spacial score (nSPS) is 17.9. The number of hydrogen-bond donors (Lipinski definition) is 1. The second-order valence-corrected chi connectivity index (χ2v) is 6.44. The monoisotopic (exact) mass is 319 g/mol. The Hall–Kier alpha value is -2.69. The topological polar surface area (TPSA) is 53.9 Å². The molecule has 1 fully saturated rings. The Kier molecular flexibility index (Phi) is 3.99. The van der Waals surface area contributed by atoms with E-state index in [1.807, 2.05) is 30.5 Å². The van der Waals surface area contributed by atoms with Gasteiger partial charge in [0, 0.05) is 30.9 Å². The van der Waals surface area contributed by atoms with E-state index in [0.29, 0.717) is 11.9 Å². The third-order valence-corrected chi connectivity index (χ3v) is 4.50. The summed E-state index contributed by atoms with van der Waals surface area (Å²) in [6.45, 7) is 4.43. The molecule has 1 N–H and O–H groups in total. The van der Waals surface area contributed by atoms with Crippen LogP contribution in [-0.4, -0.2) is 28.0 Å². The molecule has 3 aromatic rings. The lowest BCUT2D eigenvalue weighted by Gasteiger charge is -2.31. The van der Waals surface area contributed by atoms with Crippen molar-refractivity contribution in [2.45, 2.75) is 19.8 Å². The summed E-state index contributed by atoms with van der Waals surface area (Å²) >= 11 is 0.